The average Bonchev–Trinajstić information content (AvgIpc) is 2.74. The number of rotatable bonds is 5. The molecule has 0 spiro atoms. The molecule has 3 rings (SSSR count). The van der Waals surface area contributed by atoms with Crippen LogP contribution >= 0.6 is 0 Å². The molecule has 28 heavy (non-hydrogen) atoms. The van der Waals surface area contributed by atoms with Crippen molar-refractivity contribution in [3.8, 4) is 0 Å². The number of hydrogen-bond donors (Lipinski definition) is 1. The minimum absolute atomic E-state index is 0.0493. The van der Waals surface area contributed by atoms with Gasteiger partial charge < -0.3 is 15.1 Å². The number of piperazine rings is 1. The molecule has 0 radical (unpaired) electrons. The van der Waals surface area contributed by atoms with Gasteiger partial charge in [0, 0.05) is 49.7 Å². The van der Waals surface area contributed by atoms with Crippen molar-refractivity contribution < 1.29 is 14.0 Å². The lowest BCUT2D eigenvalue weighted by molar-refractivity contribution is 0.0746. The molecule has 2 heterocycles. The number of aromatic nitrogens is 1. The first-order valence-corrected chi connectivity index (χ1v) is 9.54. The molecule has 7 heteroatoms. The van der Waals surface area contributed by atoms with E-state index in [9.17, 15) is 14.0 Å². The molecule has 6 nitrogen and oxygen atoms in total. The smallest absolute Gasteiger partial charge is 0.270 e. The number of halogens is 1. The summed E-state index contributed by atoms with van der Waals surface area (Å²) < 4.78 is 13.1. The van der Waals surface area contributed by atoms with E-state index >= 15 is 0 Å². The lowest BCUT2D eigenvalue weighted by Crippen LogP contribution is -2.48. The number of anilines is 1. The summed E-state index contributed by atoms with van der Waals surface area (Å²) in [6.45, 7) is 6.38. The van der Waals surface area contributed by atoms with Crippen molar-refractivity contribution in [1.29, 1.82) is 0 Å². The van der Waals surface area contributed by atoms with Gasteiger partial charge in [0.15, 0.2) is 0 Å². The number of nitrogens with zero attached hydrogens (tertiary/aromatic N) is 3. The van der Waals surface area contributed by atoms with Gasteiger partial charge in [0.25, 0.3) is 11.8 Å². The fourth-order valence-electron chi connectivity index (χ4n) is 3.09. The molecule has 1 aromatic heterocycles. The van der Waals surface area contributed by atoms with Crippen molar-refractivity contribution >= 4 is 17.5 Å². The van der Waals surface area contributed by atoms with Crippen LogP contribution in [0.4, 0.5) is 10.1 Å². The van der Waals surface area contributed by atoms with Crippen LogP contribution in [0.15, 0.2) is 42.6 Å². The van der Waals surface area contributed by atoms with Gasteiger partial charge in [-0.05, 0) is 49.7 Å². The van der Waals surface area contributed by atoms with E-state index in [0.29, 0.717) is 31.7 Å². The van der Waals surface area contributed by atoms with E-state index in [2.05, 4.69) is 15.2 Å². The Hall–Kier alpha value is -2.96. The Labute approximate surface area is 164 Å². The van der Waals surface area contributed by atoms with Crippen molar-refractivity contribution in [3.05, 3.63) is 59.7 Å². The van der Waals surface area contributed by atoms with E-state index in [4.69, 9.17) is 0 Å². The first-order chi connectivity index (χ1) is 13.5. The second kappa shape index (κ2) is 8.82. The van der Waals surface area contributed by atoms with Crippen LogP contribution in [-0.2, 0) is 0 Å². The standard InChI is InChI=1S/C21H25FN4O2/c1-3-15(2)24-20(27)19-14-16(8-9-23-19)21(28)26-12-10-25(11-13-26)18-6-4-17(22)5-7-18/h4-9,14-15H,3,10-13H2,1-2H3,(H,24,27). The Bertz CT molecular complexity index is 833. The average molecular weight is 384 g/mol. The van der Waals surface area contributed by atoms with Gasteiger partial charge in [-0.25, -0.2) is 4.39 Å². The predicted octanol–water partition coefficient (Wildman–Crippen LogP) is 2.71. The van der Waals surface area contributed by atoms with Gasteiger partial charge in [0.1, 0.15) is 11.5 Å². The first kappa shape index (κ1) is 19.8. The molecule has 2 amide bonds. The van der Waals surface area contributed by atoms with E-state index in [0.717, 1.165) is 12.1 Å². The monoisotopic (exact) mass is 384 g/mol. The third-order valence-electron chi connectivity index (χ3n) is 4.99. The maximum atomic E-state index is 13.1. The predicted molar refractivity (Wildman–Crippen MR) is 106 cm³/mol. The summed E-state index contributed by atoms with van der Waals surface area (Å²) in [7, 11) is 0. The summed E-state index contributed by atoms with van der Waals surface area (Å²) in [6, 6.07) is 9.61. The van der Waals surface area contributed by atoms with E-state index in [1.54, 1.807) is 29.2 Å². The SMILES string of the molecule is CCC(C)NC(=O)c1cc(C(=O)N2CCN(c3ccc(F)cc3)CC2)ccn1. The Morgan fingerprint density at radius 1 is 1.14 bits per heavy atom. The molecule has 0 saturated carbocycles. The number of pyridine rings is 1. The number of carbonyl (C=O) groups is 2. The summed E-state index contributed by atoms with van der Waals surface area (Å²) in [5, 5.41) is 2.86. The normalized spacial score (nSPS) is 15.2. The van der Waals surface area contributed by atoms with E-state index in [1.165, 1.54) is 18.3 Å². The third-order valence-corrected chi connectivity index (χ3v) is 4.99. The number of benzene rings is 1. The minimum atomic E-state index is -0.273. The topological polar surface area (TPSA) is 65.5 Å². The maximum Gasteiger partial charge on any atom is 0.270 e. The van der Waals surface area contributed by atoms with Crippen LogP contribution in [0.5, 0.6) is 0 Å². The summed E-state index contributed by atoms with van der Waals surface area (Å²) in [4.78, 5) is 33.1. The quantitative estimate of drug-likeness (QED) is 0.861. The van der Waals surface area contributed by atoms with Crippen LogP contribution in [0.3, 0.4) is 0 Å². The molecule has 0 aliphatic carbocycles. The molecule has 1 atom stereocenters. The Balaban J connectivity index is 1.63. The van der Waals surface area contributed by atoms with Crippen molar-refractivity contribution in [2.24, 2.45) is 0 Å². The Morgan fingerprint density at radius 2 is 1.82 bits per heavy atom. The molecule has 1 aromatic carbocycles. The fourth-order valence-corrected chi connectivity index (χ4v) is 3.09. The fraction of sp³-hybridized carbons (Fsp3) is 0.381. The Kier molecular flexibility index (Phi) is 6.23. The molecule has 1 saturated heterocycles. The van der Waals surface area contributed by atoms with Crippen LogP contribution in [0.25, 0.3) is 0 Å². The minimum Gasteiger partial charge on any atom is -0.368 e. The van der Waals surface area contributed by atoms with Gasteiger partial charge in [-0.15, -0.1) is 0 Å². The molecule has 1 N–H and O–H groups in total. The van der Waals surface area contributed by atoms with Crippen LogP contribution in [0.1, 0.15) is 41.1 Å². The summed E-state index contributed by atoms with van der Waals surface area (Å²) in [6.07, 6.45) is 2.32. The number of nitrogens with one attached hydrogen (secondary N) is 1. The van der Waals surface area contributed by atoms with Gasteiger partial charge in [-0.3, -0.25) is 14.6 Å². The van der Waals surface area contributed by atoms with Crippen LogP contribution in [0, 0.1) is 5.82 Å². The van der Waals surface area contributed by atoms with Crippen LogP contribution in [-0.4, -0.2) is 53.9 Å². The maximum absolute atomic E-state index is 13.1. The lowest BCUT2D eigenvalue weighted by atomic mass is 10.1. The van der Waals surface area contributed by atoms with Crippen molar-refractivity contribution in [2.45, 2.75) is 26.3 Å². The van der Waals surface area contributed by atoms with Gasteiger partial charge in [0.05, 0.1) is 0 Å². The lowest BCUT2D eigenvalue weighted by Gasteiger charge is -2.36. The molecule has 1 fully saturated rings. The number of hydrogen-bond acceptors (Lipinski definition) is 4. The van der Waals surface area contributed by atoms with Gasteiger partial charge >= 0.3 is 0 Å². The molecule has 2 aromatic rings. The zero-order valence-electron chi connectivity index (χ0n) is 16.2. The number of amides is 2. The second-order valence-electron chi connectivity index (χ2n) is 6.97. The van der Waals surface area contributed by atoms with Crippen LogP contribution < -0.4 is 10.2 Å². The van der Waals surface area contributed by atoms with Gasteiger partial charge in [-0.1, -0.05) is 6.92 Å². The Morgan fingerprint density at radius 3 is 2.46 bits per heavy atom. The van der Waals surface area contributed by atoms with Crippen LogP contribution in [0.2, 0.25) is 0 Å². The van der Waals surface area contributed by atoms with Gasteiger partial charge in [-0.2, -0.15) is 0 Å². The number of carbonyl (C=O) groups excluding carboxylic acids is 2. The molecule has 1 aliphatic heterocycles. The van der Waals surface area contributed by atoms with E-state index in [-0.39, 0.29) is 29.4 Å². The largest absolute Gasteiger partial charge is 0.368 e. The van der Waals surface area contributed by atoms with Crippen molar-refractivity contribution in [1.82, 2.24) is 15.2 Å². The highest BCUT2D eigenvalue weighted by Crippen LogP contribution is 2.18. The zero-order chi connectivity index (χ0) is 20.1. The van der Waals surface area contributed by atoms with Crippen molar-refractivity contribution in [3.63, 3.8) is 0 Å². The first-order valence-electron chi connectivity index (χ1n) is 9.54. The van der Waals surface area contributed by atoms with E-state index < -0.39 is 0 Å². The molecule has 1 unspecified atom stereocenters. The summed E-state index contributed by atoms with van der Waals surface area (Å²) >= 11 is 0. The highest BCUT2D eigenvalue weighted by atomic mass is 19.1. The highest BCUT2D eigenvalue weighted by Gasteiger charge is 2.23. The van der Waals surface area contributed by atoms with Gasteiger partial charge in [0.2, 0.25) is 0 Å². The summed E-state index contributed by atoms with van der Waals surface area (Å²) in [5.41, 5.74) is 1.65. The molecular formula is C21H25FN4O2. The molecular weight excluding hydrogens is 359 g/mol. The zero-order valence-corrected chi connectivity index (χ0v) is 16.2. The molecule has 1 aliphatic rings. The highest BCUT2D eigenvalue weighted by molar-refractivity contribution is 5.98. The molecule has 148 valence electrons. The third kappa shape index (κ3) is 4.65. The molecule has 0 bridgehead atoms. The second-order valence-corrected chi connectivity index (χ2v) is 6.97. The van der Waals surface area contributed by atoms with E-state index in [1.807, 2.05) is 13.8 Å². The van der Waals surface area contributed by atoms with Crippen molar-refractivity contribution in [2.75, 3.05) is 31.1 Å². The summed E-state index contributed by atoms with van der Waals surface area (Å²) in [5.74, 6) is -0.646.